The zero-order valence-electron chi connectivity index (χ0n) is 14.9. The molecule has 8 nitrogen and oxygen atoms in total. The fraction of sp³-hybridized carbons (Fsp3) is 0.444. The Labute approximate surface area is 151 Å². The maximum Gasteiger partial charge on any atom is 0.199 e. The molecule has 0 bridgehead atoms. The molecule has 0 atom stereocenters. The summed E-state index contributed by atoms with van der Waals surface area (Å²) in [5.74, 6) is 0.883. The molecule has 1 aliphatic rings. The minimum atomic E-state index is 0.238. The fourth-order valence-corrected chi connectivity index (χ4v) is 3.55. The molecule has 0 unspecified atom stereocenters. The zero-order chi connectivity index (χ0) is 17.9. The van der Waals surface area contributed by atoms with Gasteiger partial charge >= 0.3 is 0 Å². The summed E-state index contributed by atoms with van der Waals surface area (Å²) in [7, 11) is 0. The van der Waals surface area contributed by atoms with E-state index in [4.69, 9.17) is 10.4 Å². The summed E-state index contributed by atoms with van der Waals surface area (Å²) in [6.45, 7) is 3.66. The van der Waals surface area contributed by atoms with Crippen molar-refractivity contribution in [2.24, 2.45) is 0 Å². The van der Waals surface area contributed by atoms with Crippen molar-refractivity contribution in [3.05, 3.63) is 24.0 Å². The van der Waals surface area contributed by atoms with Crippen LogP contribution >= 0.6 is 0 Å². The third kappa shape index (κ3) is 3.02. The number of rotatable bonds is 6. The van der Waals surface area contributed by atoms with Crippen molar-refractivity contribution in [1.29, 1.82) is 0 Å². The number of nitrogen functional groups attached to an aromatic ring is 1. The minimum Gasteiger partial charge on any atom is -0.382 e. The van der Waals surface area contributed by atoms with E-state index in [2.05, 4.69) is 43.2 Å². The van der Waals surface area contributed by atoms with Crippen molar-refractivity contribution >= 4 is 22.5 Å². The lowest BCUT2D eigenvalue weighted by molar-refractivity contribution is 0.310. The number of nitrogens with zero attached hydrogens (tertiary/aromatic N) is 5. The quantitative estimate of drug-likeness (QED) is 0.654. The van der Waals surface area contributed by atoms with Crippen molar-refractivity contribution < 1.29 is 4.63 Å². The van der Waals surface area contributed by atoms with Gasteiger partial charge in [0.05, 0.1) is 23.6 Å². The molecule has 0 saturated heterocycles. The lowest BCUT2D eigenvalue weighted by Gasteiger charge is -2.14. The Morgan fingerprint density at radius 2 is 2.19 bits per heavy atom. The summed E-state index contributed by atoms with van der Waals surface area (Å²) in [4.78, 5) is 8.98. The van der Waals surface area contributed by atoms with Gasteiger partial charge in [0, 0.05) is 13.1 Å². The molecule has 0 spiro atoms. The molecule has 3 aromatic rings. The number of anilines is 2. The van der Waals surface area contributed by atoms with Crippen molar-refractivity contribution in [3.8, 4) is 11.5 Å². The number of nitrogens with one attached hydrogen (secondary N) is 1. The molecule has 3 N–H and O–H groups in total. The van der Waals surface area contributed by atoms with Gasteiger partial charge in [-0.25, -0.2) is 9.61 Å². The summed E-state index contributed by atoms with van der Waals surface area (Å²) < 4.78 is 6.81. The summed E-state index contributed by atoms with van der Waals surface area (Å²) >= 11 is 0. The van der Waals surface area contributed by atoms with E-state index in [-0.39, 0.29) is 5.82 Å². The van der Waals surface area contributed by atoms with E-state index in [0.717, 1.165) is 36.2 Å². The molecule has 3 aromatic heterocycles. The molecule has 0 saturated carbocycles. The second-order valence-electron chi connectivity index (χ2n) is 6.52. The smallest absolute Gasteiger partial charge is 0.199 e. The highest BCUT2D eigenvalue weighted by atomic mass is 16.6. The average molecular weight is 353 g/mol. The van der Waals surface area contributed by atoms with Crippen LogP contribution in [0.2, 0.25) is 0 Å². The van der Waals surface area contributed by atoms with Gasteiger partial charge in [0.2, 0.25) is 0 Å². The van der Waals surface area contributed by atoms with Crippen LogP contribution in [-0.4, -0.2) is 31.4 Å². The summed E-state index contributed by atoms with van der Waals surface area (Å²) in [5, 5.41) is 11.1. The number of aromatic nitrogens is 5. The van der Waals surface area contributed by atoms with E-state index in [9.17, 15) is 0 Å². The first-order valence-electron chi connectivity index (χ1n) is 9.12. The van der Waals surface area contributed by atoms with Crippen LogP contribution in [0.15, 0.2) is 28.7 Å². The van der Waals surface area contributed by atoms with E-state index in [1.807, 2.05) is 6.20 Å². The van der Waals surface area contributed by atoms with E-state index < -0.39 is 0 Å². The number of fused-ring (bicyclic) bond motifs is 1. The molecule has 0 amide bonds. The van der Waals surface area contributed by atoms with E-state index >= 15 is 0 Å². The topological polar surface area (TPSA) is 108 Å². The Kier molecular flexibility index (Phi) is 4.55. The SMILES string of the molecule is CCn1c(-c2nonc2N)nc2cncc(NCCC3=CCCCC3)c21. The predicted octanol–water partition coefficient (Wildman–Crippen LogP) is 3.39. The van der Waals surface area contributed by atoms with Crippen LogP contribution in [0.25, 0.3) is 22.6 Å². The van der Waals surface area contributed by atoms with Gasteiger partial charge in [0.25, 0.3) is 0 Å². The van der Waals surface area contributed by atoms with Gasteiger partial charge in [-0.2, -0.15) is 0 Å². The highest BCUT2D eigenvalue weighted by Crippen LogP contribution is 2.30. The Morgan fingerprint density at radius 1 is 1.27 bits per heavy atom. The molecule has 0 aliphatic heterocycles. The van der Waals surface area contributed by atoms with Gasteiger partial charge < -0.3 is 15.6 Å². The van der Waals surface area contributed by atoms with E-state index in [1.54, 1.807) is 11.8 Å². The molecule has 0 fully saturated rings. The van der Waals surface area contributed by atoms with Gasteiger partial charge in [-0.3, -0.25) is 4.98 Å². The molecular formula is C18H23N7O. The minimum absolute atomic E-state index is 0.238. The number of hydrogen-bond acceptors (Lipinski definition) is 7. The lowest BCUT2D eigenvalue weighted by atomic mass is 9.97. The molecule has 4 rings (SSSR count). The van der Waals surface area contributed by atoms with Gasteiger partial charge in [-0.05, 0) is 49.3 Å². The van der Waals surface area contributed by atoms with Crippen LogP contribution in [0, 0.1) is 0 Å². The number of hydrogen-bond donors (Lipinski definition) is 2. The molecule has 0 radical (unpaired) electrons. The summed E-state index contributed by atoms with van der Waals surface area (Å²) in [6.07, 6.45) is 12.1. The Balaban J connectivity index is 1.64. The molecule has 3 heterocycles. The van der Waals surface area contributed by atoms with Crippen LogP contribution in [0.3, 0.4) is 0 Å². The first kappa shape index (κ1) is 16.6. The normalized spacial score (nSPS) is 14.6. The highest BCUT2D eigenvalue weighted by Gasteiger charge is 2.20. The summed E-state index contributed by atoms with van der Waals surface area (Å²) in [5.41, 5.74) is 10.6. The monoisotopic (exact) mass is 353 g/mol. The highest BCUT2D eigenvalue weighted by molar-refractivity contribution is 5.90. The third-order valence-corrected chi connectivity index (χ3v) is 4.84. The Morgan fingerprint density at radius 3 is 2.92 bits per heavy atom. The van der Waals surface area contributed by atoms with Crippen molar-refractivity contribution in [2.75, 3.05) is 17.6 Å². The second kappa shape index (κ2) is 7.15. The van der Waals surface area contributed by atoms with Crippen LogP contribution in [0.4, 0.5) is 11.5 Å². The van der Waals surface area contributed by atoms with Crippen LogP contribution in [0.5, 0.6) is 0 Å². The number of allylic oxidation sites excluding steroid dienone is 1. The Hall–Kier alpha value is -2.90. The number of aryl methyl sites for hydroxylation is 1. The molecular weight excluding hydrogens is 330 g/mol. The number of nitrogens with two attached hydrogens (primary N) is 1. The fourth-order valence-electron chi connectivity index (χ4n) is 3.55. The van der Waals surface area contributed by atoms with Gasteiger partial charge in [-0.1, -0.05) is 11.6 Å². The van der Waals surface area contributed by atoms with Crippen molar-refractivity contribution in [2.45, 2.75) is 45.6 Å². The number of imidazole rings is 1. The van der Waals surface area contributed by atoms with E-state index in [0.29, 0.717) is 11.5 Å². The van der Waals surface area contributed by atoms with Gasteiger partial charge in [0.1, 0.15) is 5.52 Å². The van der Waals surface area contributed by atoms with Crippen LogP contribution < -0.4 is 11.1 Å². The zero-order valence-corrected chi connectivity index (χ0v) is 14.9. The van der Waals surface area contributed by atoms with E-state index in [1.165, 1.54) is 25.7 Å². The lowest BCUT2D eigenvalue weighted by Crippen LogP contribution is -2.07. The molecule has 136 valence electrons. The van der Waals surface area contributed by atoms with Crippen LogP contribution in [-0.2, 0) is 6.54 Å². The number of pyridine rings is 1. The predicted molar refractivity (Wildman–Crippen MR) is 101 cm³/mol. The maximum atomic E-state index is 5.86. The molecule has 26 heavy (non-hydrogen) atoms. The first-order valence-corrected chi connectivity index (χ1v) is 9.12. The standard InChI is InChI=1S/C18H23N7O/c1-2-25-16-13(21-9-8-12-6-4-3-5-7-12)10-20-11-14(16)22-18(25)15-17(19)24-26-23-15/h6,10-11,21H,2-5,7-9H2,1H3,(H2,19,24). The maximum absolute atomic E-state index is 5.86. The van der Waals surface area contributed by atoms with Crippen molar-refractivity contribution in [1.82, 2.24) is 24.8 Å². The third-order valence-electron chi connectivity index (χ3n) is 4.84. The molecule has 8 heteroatoms. The van der Waals surface area contributed by atoms with Crippen LogP contribution in [0.1, 0.15) is 39.0 Å². The first-order chi connectivity index (χ1) is 12.8. The van der Waals surface area contributed by atoms with Gasteiger partial charge in [0.15, 0.2) is 17.3 Å². The van der Waals surface area contributed by atoms with Crippen molar-refractivity contribution in [3.63, 3.8) is 0 Å². The molecule has 1 aliphatic carbocycles. The average Bonchev–Trinajstić information content (AvgIpc) is 3.25. The largest absolute Gasteiger partial charge is 0.382 e. The second-order valence-corrected chi connectivity index (χ2v) is 6.52. The van der Waals surface area contributed by atoms with Gasteiger partial charge in [-0.15, -0.1) is 0 Å². The molecule has 0 aromatic carbocycles. The summed E-state index contributed by atoms with van der Waals surface area (Å²) in [6, 6.07) is 0. The Bertz CT molecular complexity index is 940.